The fraction of sp³-hybridized carbons (Fsp3) is 0.444. The molecule has 3 heterocycles. The van der Waals surface area contributed by atoms with Gasteiger partial charge in [0.05, 0.1) is 5.54 Å². The lowest BCUT2D eigenvalue weighted by Crippen LogP contribution is -2.64. The van der Waals surface area contributed by atoms with Gasteiger partial charge in [0.15, 0.2) is 5.84 Å². The second kappa shape index (κ2) is 13.2. The number of fused-ring (bicyclic) bond motifs is 1. The van der Waals surface area contributed by atoms with Gasteiger partial charge in [-0.1, -0.05) is 43.3 Å². The highest BCUT2D eigenvalue weighted by molar-refractivity contribution is 8.15. The molecule has 1 unspecified atom stereocenters. The highest BCUT2D eigenvalue weighted by Crippen LogP contribution is 2.38. The van der Waals surface area contributed by atoms with Gasteiger partial charge < -0.3 is 19.7 Å². The Bertz CT molecular complexity index is 1570. The molecule has 0 radical (unpaired) electrons. The Labute approximate surface area is 265 Å². The molecule has 1 atom stereocenters. The molecular weight excluding hydrogens is 568 g/mol. The van der Waals surface area contributed by atoms with Crippen molar-refractivity contribution in [3.8, 4) is 5.75 Å². The van der Waals surface area contributed by atoms with Crippen molar-refractivity contribution in [3.63, 3.8) is 0 Å². The van der Waals surface area contributed by atoms with Gasteiger partial charge in [-0.3, -0.25) is 14.7 Å². The Morgan fingerprint density at radius 1 is 1.11 bits per heavy atom. The number of nitrogens with zero attached hydrogens (tertiary/aromatic N) is 3. The van der Waals surface area contributed by atoms with Gasteiger partial charge in [-0.15, -0.1) is 0 Å². The molecule has 5 rings (SSSR count). The number of ether oxygens (including phenoxy) is 1. The van der Waals surface area contributed by atoms with Crippen LogP contribution in [0.5, 0.6) is 5.75 Å². The molecule has 0 saturated carbocycles. The number of hydrogen-bond acceptors (Lipinski definition) is 5. The Balaban J connectivity index is 1.35. The number of benzene rings is 2. The van der Waals surface area contributed by atoms with E-state index in [0.29, 0.717) is 32.0 Å². The lowest BCUT2D eigenvalue weighted by molar-refractivity contribution is -0.132. The zero-order valence-corrected chi connectivity index (χ0v) is 28.0. The van der Waals surface area contributed by atoms with E-state index in [1.54, 1.807) is 6.92 Å². The SMILES string of the molecule is CC(=O)CC(C)c1ccc2c(c1)C(C)=C(C(N1CCN(C(=O)C3=NCCC(c4ccccc4)=CN3)C(C)(C)C1)=S(C)C)CO2. The summed E-state index contributed by atoms with van der Waals surface area (Å²) in [5.74, 6) is 1.62. The Morgan fingerprint density at radius 3 is 2.55 bits per heavy atom. The smallest absolute Gasteiger partial charge is 0.289 e. The monoisotopic (exact) mass is 614 g/mol. The van der Waals surface area contributed by atoms with E-state index in [1.165, 1.54) is 16.1 Å². The fourth-order valence-corrected chi connectivity index (χ4v) is 7.94. The molecule has 0 spiro atoms. The molecule has 0 aliphatic carbocycles. The fourth-order valence-electron chi connectivity index (χ4n) is 6.56. The normalized spacial score (nSPS) is 19.2. The summed E-state index contributed by atoms with van der Waals surface area (Å²) in [5.41, 5.74) is 6.62. The van der Waals surface area contributed by atoms with Crippen LogP contribution in [0.15, 0.2) is 65.3 Å². The number of carbonyl (C=O) groups is 2. The zero-order valence-electron chi connectivity index (χ0n) is 27.2. The van der Waals surface area contributed by atoms with Crippen LogP contribution in [0.3, 0.4) is 0 Å². The lowest BCUT2D eigenvalue weighted by atomic mass is 9.90. The highest BCUT2D eigenvalue weighted by atomic mass is 32.2. The molecular formula is C36H46N4O3S. The largest absolute Gasteiger partial charge is 0.488 e. The van der Waals surface area contributed by atoms with E-state index in [1.807, 2.05) is 29.3 Å². The van der Waals surface area contributed by atoms with Crippen molar-refractivity contribution in [1.29, 1.82) is 0 Å². The van der Waals surface area contributed by atoms with Gasteiger partial charge in [-0.05, 0) is 87.0 Å². The van der Waals surface area contributed by atoms with Gasteiger partial charge in [-0.2, -0.15) is 10.5 Å². The summed E-state index contributed by atoms with van der Waals surface area (Å²) in [6.07, 6.45) is 7.79. The first kappa shape index (κ1) is 31.9. The minimum Gasteiger partial charge on any atom is -0.488 e. The van der Waals surface area contributed by atoms with E-state index in [4.69, 9.17) is 4.74 Å². The van der Waals surface area contributed by atoms with Gasteiger partial charge in [0, 0.05) is 54.9 Å². The summed E-state index contributed by atoms with van der Waals surface area (Å²) in [4.78, 5) is 36.0. The summed E-state index contributed by atoms with van der Waals surface area (Å²) in [5, 5.41) is 3.24. The Hall–Kier alpha value is -3.49. The molecule has 0 aromatic heterocycles. The predicted molar refractivity (Wildman–Crippen MR) is 185 cm³/mol. The molecule has 1 saturated heterocycles. The summed E-state index contributed by atoms with van der Waals surface area (Å²) in [6.45, 7) is 13.4. The van der Waals surface area contributed by atoms with Crippen molar-refractivity contribution in [2.24, 2.45) is 4.99 Å². The van der Waals surface area contributed by atoms with Crippen LogP contribution in [0.2, 0.25) is 0 Å². The average molecular weight is 615 g/mol. The Morgan fingerprint density at radius 2 is 1.86 bits per heavy atom. The van der Waals surface area contributed by atoms with Crippen LogP contribution in [0, 0.1) is 0 Å². The van der Waals surface area contributed by atoms with E-state index >= 15 is 0 Å². The molecule has 1 fully saturated rings. The first-order valence-corrected chi connectivity index (χ1v) is 17.5. The number of hydrogen-bond donors (Lipinski definition) is 1. The highest BCUT2D eigenvalue weighted by Gasteiger charge is 2.40. The maximum absolute atomic E-state index is 13.8. The molecule has 1 amide bonds. The van der Waals surface area contributed by atoms with Crippen LogP contribution < -0.4 is 10.1 Å². The van der Waals surface area contributed by atoms with Crippen LogP contribution in [-0.2, 0) is 9.59 Å². The van der Waals surface area contributed by atoms with Crippen molar-refractivity contribution in [1.82, 2.24) is 15.1 Å². The van der Waals surface area contributed by atoms with Crippen LogP contribution >= 0.6 is 10.5 Å². The summed E-state index contributed by atoms with van der Waals surface area (Å²) in [6, 6.07) is 16.6. The maximum atomic E-state index is 13.8. The summed E-state index contributed by atoms with van der Waals surface area (Å²) in [7, 11) is -0.0391. The lowest BCUT2D eigenvalue weighted by Gasteiger charge is -2.48. The van der Waals surface area contributed by atoms with Crippen molar-refractivity contribution in [2.45, 2.75) is 58.9 Å². The number of piperazine rings is 1. The summed E-state index contributed by atoms with van der Waals surface area (Å²) < 4.78 is 6.33. The maximum Gasteiger partial charge on any atom is 0.289 e. The molecule has 1 N–H and O–H groups in total. The molecule has 8 heteroatoms. The van der Waals surface area contributed by atoms with E-state index in [0.717, 1.165) is 47.5 Å². The van der Waals surface area contributed by atoms with Crippen molar-refractivity contribution in [2.75, 3.05) is 45.3 Å². The number of Topliss-reactive ketones (excluding diaryl/α,β-unsaturated/α-hetero) is 1. The molecule has 0 bridgehead atoms. The predicted octanol–water partition coefficient (Wildman–Crippen LogP) is 5.95. The minimum atomic E-state index is -0.403. The number of carbonyl (C=O) groups excluding carboxylic acids is 2. The number of amidine groups is 1. The molecule has 2 aromatic carbocycles. The standard InChI is InChI=1S/C36H46N4O3S/c1-24(19-25(2)41)28-13-14-32-30(20-28)26(3)31(22-43-32)35(44(6)7)39-17-18-40(36(4,5)23-39)34(42)33-37-16-15-29(21-38-33)27-11-9-8-10-12-27/h8-14,20-21,24H,15-19,22-23H2,1-7H3,(H,37,38). The van der Waals surface area contributed by atoms with Crippen molar-refractivity contribution in [3.05, 3.63) is 77.0 Å². The zero-order chi connectivity index (χ0) is 31.6. The van der Waals surface area contributed by atoms with Gasteiger partial charge in [-0.25, -0.2) is 0 Å². The van der Waals surface area contributed by atoms with E-state index < -0.39 is 5.54 Å². The second-order valence-corrected chi connectivity index (χ2v) is 14.9. The Kier molecular flexibility index (Phi) is 9.61. The van der Waals surface area contributed by atoms with Crippen LogP contribution in [0.4, 0.5) is 0 Å². The molecule has 234 valence electrons. The van der Waals surface area contributed by atoms with E-state index in [-0.39, 0.29) is 28.1 Å². The number of aliphatic imine (C=N–C) groups is 1. The number of nitrogens with one attached hydrogen (secondary N) is 1. The average Bonchev–Trinajstić information content (AvgIpc) is 3.24. The van der Waals surface area contributed by atoms with Gasteiger partial charge in [0.1, 0.15) is 18.1 Å². The number of allylic oxidation sites excluding steroid dienone is 1. The number of rotatable bonds is 6. The topological polar surface area (TPSA) is 74.2 Å². The minimum absolute atomic E-state index is 0.0391. The molecule has 44 heavy (non-hydrogen) atoms. The van der Waals surface area contributed by atoms with E-state index in [9.17, 15) is 9.59 Å². The van der Waals surface area contributed by atoms with Gasteiger partial charge in [0.2, 0.25) is 0 Å². The molecule has 2 aromatic rings. The third kappa shape index (κ3) is 6.76. The quantitative estimate of drug-likeness (QED) is 0.407. The van der Waals surface area contributed by atoms with Gasteiger partial charge >= 0.3 is 0 Å². The molecule has 3 aliphatic heterocycles. The van der Waals surface area contributed by atoms with E-state index in [2.05, 4.69) is 85.7 Å². The number of ketones is 1. The van der Waals surface area contributed by atoms with Crippen molar-refractivity contribution >= 4 is 44.1 Å². The first-order chi connectivity index (χ1) is 21.0. The first-order valence-electron chi connectivity index (χ1n) is 15.5. The molecule has 7 nitrogen and oxygen atoms in total. The molecule has 3 aliphatic rings. The van der Waals surface area contributed by atoms with Crippen molar-refractivity contribution < 1.29 is 14.3 Å². The van der Waals surface area contributed by atoms with Crippen LogP contribution in [0.25, 0.3) is 11.1 Å². The third-order valence-electron chi connectivity index (χ3n) is 8.86. The second-order valence-electron chi connectivity index (χ2n) is 12.9. The van der Waals surface area contributed by atoms with Gasteiger partial charge in [0.25, 0.3) is 5.91 Å². The number of amides is 1. The van der Waals surface area contributed by atoms with Crippen LogP contribution in [0.1, 0.15) is 70.1 Å². The summed E-state index contributed by atoms with van der Waals surface area (Å²) >= 11 is 0. The third-order valence-corrected chi connectivity index (χ3v) is 10.1. The van der Waals surface area contributed by atoms with Crippen LogP contribution in [-0.4, -0.2) is 83.2 Å².